The number of halogens is 3. The number of imidazole rings is 1. The molecule has 1 atom stereocenters. The van der Waals surface area contributed by atoms with Gasteiger partial charge in [-0.3, -0.25) is 4.57 Å². The number of rotatable bonds is 2. The Hall–Kier alpha value is -0.910. The van der Waals surface area contributed by atoms with E-state index in [1.54, 1.807) is 0 Å². The Balaban J connectivity index is 2.38. The van der Waals surface area contributed by atoms with Gasteiger partial charge in [0.1, 0.15) is 11.3 Å². The fraction of sp³-hybridized carbons (Fsp3) is 0.200. The molecule has 1 unspecified atom stereocenters. The van der Waals surface area contributed by atoms with Crippen molar-refractivity contribution < 1.29 is 0 Å². The zero-order valence-corrected chi connectivity index (χ0v) is 15.4. The summed E-state index contributed by atoms with van der Waals surface area (Å²) in [6.45, 7) is 3.89. The van der Waals surface area contributed by atoms with Crippen molar-refractivity contribution in [3.05, 3.63) is 50.8 Å². The van der Waals surface area contributed by atoms with Crippen molar-refractivity contribution >= 4 is 54.6 Å². The van der Waals surface area contributed by atoms with Crippen LogP contribution in [0.3, 0.4) is 0 Å². The van der Waals surface area contributed by atoms with Gasteiger partial charge in [0, 0.05) is 14.6 Å². The first-order valence-electron chi connectivity index (χ1n) is 6.43. The molecular weight excluding hydrogens is 417 g/mol. The fourth-order valence-electron chi connectivity index (χ4n) is 2.24. The summed E-state index contributed by atoms with van der Waals surface area (Å²) >= 11 is 13.4. The number of alkyl halides is 1. The van der Waals surface area contributed by atoms with E-state index in [9.17, 15) is 0 Å². The fourth-order valence-corrected chi connectivity index (χ4v) is 3.61. The van der Waals surface area contributed by atoms with Gasteiger partial charge >= 0.3 is 0 Å². The van der Waals surface area contributed by atoms with E-state index in [0.717, 1.165) is 37.3 Å². The van der Waals surface area contributed by atoms with Crippen LogP contribution in [0.2, 0.25) is 0 Å². The highest BCUT2D eigenvalue weighted by atomic mass is 79.9. The first kappa shape index (κ1) is 15.0. The van der Waals surface area contributed by atoms with E-state index in [4.69, 9.17) is 11.6 Å². The molecule has 2 heterocycles. The highest BCUT2D eigenvalue weighted by Gasteiger charge is 2.19. The molecule has 2 aromatic heterocycles. The number of aromatic nitrogens is 3. The molecule has 3 nitrogen and oxygen atoms in total. The summed E-state index contributed by atoms with van der Waals surface area (Å²) in [5, 5.41) is -0.213. The summed E-state index contributed by atoms with van der Waals surface area (Å²) in [5.74, 6) is 0.785. The summed E-state index contributed by atoms with van der Waals surface area (Å²) in [7, 11) is 0. The molecule has 6 heteroatoms. The predicted molar refractivity (Wildman–Crippen MR) is 93.3 cm³/mol. The van der Waals surface area contributed by atoms with Gasteiger partial charge in [0.05, 0.1) is 11.1 Å². The van der Waals surface area contributed by atoms with Gasteiger partial charge < -0.3 is 0 Å². The first-order chi connectivity index (χ1) is 9.97. The normalized spacial score (nSPS) is 12.8. The third-order valence-electron chi connectivity index (χ3n) is 3.18. The van der Waals surface area contributed by atoms with Gasteiger partial charge in [-0.05, 0) is 60.1 Å². The zero-order valence-electron chi connectivity index (χ0n) is 11.4. The lowest BCUT2D eigenvalue weighted by molar-refractivity contribution is 0.873. The SMILES string of the molecule is Cc1ccc2nc(C(C)Cl)n(-c3ccc(Br)cc3Br)c2n1. The van der Waals surface area contributed by atoms with Crippen LogP contribution in [0.5, 0.6) is 0 Å². The summed E-state index contributed by atoms with van der Waals surface area (Å²) in [5.41, 5.74) is 3.59. The Kier molecular flexibility index (Phi) is 4.08. The summed E-state index contributed by atoms with van der Waals surface area (Å²) in [4.78, 5) is 9.26. The Morgan fingerprint density at radius 3 is 2.57 bits per heavy atom. The predicted octanol–water partition coefficient (Wildman–Crippen LogP) is 5.55. The molecule has 0 saturated heterocycles. The second kappa shape index (κ2) is 5.71. The highest BCUT2D eigenvalue weighted by molar-refractivity contribution is 9.11. The van der Waals surface area contributed by atoms with Gasteiger partial charge in [-0.15, -0.1) is 11.6 Å². The lowest BCUT2D eigenvalue weighted by Crippen LogP contribution is -2.03. The second-order valence-corrected chi connectivity index (χ2v) is 7.24. The molecule has 0 bridgehead atoms. The molecule has 3 rings (SSSR count). The van der Waals surface area contributed by atoms with Crippen molar-refractivity contribution in [2.24, 2.45) is 0 Å². The molecular formula is C15H12Br2ClN3. The van der Waals surface area contributed by atoms with Crippen LogP contribution in [-0.2, 0) is 0 Å². The smallest absolute Gasteiger partial charge is 0.165 e. The molecule has 0 aliphatic rings. The average Bonchev–Trinajstić information content (AvgIpc) is 2.77. The molecule has 0 fully saturated rings. The maximum atomic E-state index is 6.32. The molecule has 0 radical (unpaired) electrons. The molecule has 0 N–H and O–H groups in total. The minimum Gasteiger partial charge on any atom is -0.278 e. The van der Waals surface area contributed by atoms with Crippen molar-refractivity contribution in [3.8, 4) is 5.69 Å². The molecule has 108 valence electrons. The largest absolute Gasteiger partial charge is 0.278 e. The van der Waals surface area contributed by atoms with Gasteiger partial charge in [-0.25, -0.2) is 9.97 Å². The molecule has 0 saturated carbocycles. The lowest BCUT2D eigenvalue weighted by atomic mass is 10.3. The summed E-state index contributed by atoms with van der Waals surface area (Å²) in [6.07, 6.45) is 0. The number of aryl methyl sites for hydroxylation is 1. The Morgan fingerprint density at radius 2 is 1.90 bits per heavy atom. The van der Waals surface area contributed by atoms with Crippen molar-refractivity contribution in [1.82, 2.24) is 14.5 Å². The van der Waals surface area contributed by atoms with Gasteiger partial charge in [0.2, 0.25) is 0 Å². The van der Waals surface area contributed by atoms with Crippen LogP contribution in [0.4, 0.5) is 0 Å². The number of fused-ring (bicyclic) bond motifs is 1. The van der Waals surface area contributed by atoms with E-state index in [-0.39, 0.29) is 5.38 Å². The average molecular weight is 430 g/mol. The van der Waals surface area contributed by atoms with Crippen molar-refractivity contribution in [1.29, 1.82) is 0 Å². The third-order valence-corrected chi connectivity index (χ3v) is 4.50. The summed E-state index contributed by atoms with van der Waals surface area (Å²) < 4.78 is 3.97. The highest BCUT2D eigenvalue weighted by Crippen LogP contribution is 2.32. The van der Waals surface area contributed by atoms with Crippen molar-refractivity contribution in [2.75, 3.05) is 0 Å². The van der Waals surface area contributed by atoms with Crippen LogP contribution in [0.1, 0.15) is 23.8 Å². The quantitative estimate of drug-likeness (QED) is 0.500. The van der Waals surface area contributed by atoms with Crippen LogP contribution in [-0.4, -0.2) is 14.5 Å². The molecule has 0 aliphatic carbocycles. The molecule has 3 aromatic rings. The monoisotopic (exact) mass is 427 g/mol. The number of hydrogen-bond acceptors (Lipinski definition) is 2. The minimum absolute atomic E-state index is 0.213. The van der Waals surface area contributed by atoms with Crippen molar-refractivity contribution in [2.45, 2.75) is 19.2 Å². The van der Waals surface area contributed by atoms with E-state index in [1.807, 2.05) is 48.7 Å². The Labute approximate surface area is 144 Å². The molecule has 0 amide bonds. The van der Waals surface area contributed by atoms with Crippen LogP contribution < -0.4 is 0 Å². The molecule has 0 aliphatic heterocycles. The number of benzene rings is 1. The van der Waals surface area contributed by atoms with E-state index in [0.29, 0.717) is 0 Å². The lowest BCUT2D eigenvalue weighted by Gasteiger charge is -2.12. The second-order valence-electron chi connectivity index (χ2n) is 4.81. The number of hydrogen-bond donors (Lipinski definition) is 0. The third kappa shape index (κ3) is 2.74. The first-order valence-corrected chi connectivity index (χ1v) is 8.45. The Bertz CT molecular complexity index is 827. The van der Waals surface area contributed by atoms with Crippen molar-refractivity contribution in [3.63, 3.8) is 0 Å². The standard InChI is InChI=1S/C15H12Br2ClN3/c1-8-3-5-12-15(19-8)21(14(20-12)9(2)18)13-6-4-10(16)7-11(13)17/h3-7,9H,1-2H3. The van der Waals surface area contributed by atoms with Gasteiger partial charge in [-0.1, -0.05) is 15.9 Å². The van der Waals surface area contributed by atoms with Gasteiger partial charge in [0.15, 0.2) is 5.65 Å². The molecule has 0 spiro atoms. The maximum absolute atomic E-state index is 6.32. The van der Waals surface area contributed by atoms with Crippen LogP contribution in [0.15, 0.2) is 39.3 Å². The van der Waals surface area contributed by atoms with Gasteiger partial charge in [0.25, 0.3) is 0 Å². The topological polar surface area (TPSA) is 30.7 Å². The van der Waals surface area contributed by atoms with Crippen LogP contribution in [0, 0.1) is 6.92 Å². The maximum Gasteiger partial charge on any atom is 0.165 e. The Morgan fingerprint density at radius 1 is 1.14 bits per heavy atom. The van der Waals surface area contributed by atoms with E-state index in [1.165, 1.54) is 0 Å². The summed E-state index contributed by atoms with van der Waals surface area (Å²) in [6, 6.07) is 9.94. The van der Waals surface area contributed by atoms with Gasteiger partial charge in [-0.2, -0.15) is 0 Å². The molecule has 21 heavy (non-hydrogen) atoms. The number of nitrogens with zero attached hydrogens (tertiary/aromatic N) is 3. The van der Waals surface area contributed by atoms with E-state index < -0.39 is 0 Å². The zero-order chi connectivity index (χ0) is 15.1. The van der Waals surface area contributed by atoms with Crippen LogP contribution >= 0.6 is 43.5 Å². The number of pyridine rings is 1. The van der Waals surface area contributed by atoms with Crippen LogP contribution in [0.25, 0.3) is 16.9 Å². The van der Waals surface area contributed by atoms with E-state index >= 15 is 0 Å². The van der Waals surface area contributed by atoms with E-state index in [2.05, 4.69) is 41.8 Å². The minimum atomic E-state index is -0.213. The molecule has 1 aromatic carbocycles.